The molecule has 0 spiro atoms. The smallest absolute Gasteiger partial charge is 0.352 e. The average Bonchev–Trinajstić information content (AvgIpc) is 3.17. The molecule has 1 aromatic heterocycles. The lowest BCUT2D eigenvalue weighted by molar-refractivity contribution is 0.0509. The minimum atomic E-state index is -0.252. The molecule has 2 bridgehead atoms. The third-order valence-electron chi connectivity index (χ3n) is 5.64. The molecule has 6 unspecified atom stereocenters. The first-order valence-corrected chi connectivity index (χ1v) is 7.62. The molecule has 0 radical (unpaired) electrons. The van der Waals surface area contributed by atoms with E-state index >= 15 is 0 Å². The number of rotatable bonds is 1. The quantitative estimate of drug-likeness (QED) is 0.568. The van der Waals surface area contributed by atoms with Crippen LogP contribution in [0.25, 0.3) is 5.69 Å². The van der Waals surface area contributed by atoms with Crippen LogP contribution < -0.4 is 11.4 Å². The zero-order valence-electron chi connectivity index (χ0n) is 11.6. The van der Waals surface area contributed by atoms with Crippen molar-refractivity contribution in [3.63, 3.8) is 0 Å². The minimum Gasteiger partial charge on any atom is -0.369 e. The van der Waals surface area contributed by atoms with E-state index in [1.54, 1.807) is 21.5 Å². The number of epoxide rings is 1. The molecular formula is C16H13N3O3. The van der Waals surface area contributed by atoms with Gasteiger partial charge in [-0.25, -0.2) is 23.5 Å². The molecule has 4 heterocycles. The first-order valence-electron chi connectivity index (χ1n) is 7.62. The monoisotopic (exact) mass is 295 g/mol. The van der Waals surface area contributed by atoms with Gasteiger partial charge in [0.15, 0.2) is 0 Å². The molecule has 2 aromatic rings. The van der Waals surface area contributed by atoms with Gasteiger partial charge in [0.25, 0.3) is 0 Å². The van der Waals surface area contributed by atoms with Crippen LogP contribution >= 0.6 is 0 Å². The van der Waals surface area contributed by atoms with Gasteiger partial charge in [0.1, 0.15) is 0 Å². The van der Waals surface area contributed by atoms with Crippen molar-refractivity contribution in [2.45, 2.75) is 24.3 Å². The Kier molecular flexibility index (Phi) is 1.72. The zero-order chi connectivity index (χ0) is 14.6. The van der Waals surface area contributed by atoms with Crippen LogP contribution in [0.3, 0.4) is 0 Å². The largest absolute Gasteiger partial charge is 0.369 e. The number of fused-ring (bicyclic) bond motifs is 1. The van der Waals surface area contributed by atoms with E-state index in [0.717, 1.165) is 0 Å². The van der Waals surface area contributed by atoms with Gasteiger partial charge >= 0.3 is 11.4 Å². The van der Waals surface area contributed by atoms with Gasteiger partial charge in [-0.2, -0.15) is 0 Å². The van der Waals surface area contributed by atoms with Crippen molar-refractivity contribution < 1.29 is 4.74 Å². The van der Waals surface area contributed by atoms with E-state index in [1.165, 1.54) is 4.57 Å². The van der Waals surface area contributed by atoms with E-state index in [0.29, 0.717) is 29.7 Å². The predicted molar refractivity (Wildman–Crippen MR) is 77.1 cm³/mol. The molecule has 6 atom stereocenters. The lowest BCUT2D eigenvalue weighted by atomic mass is 9.62. The van der Waals surface area contributed by atoms with Gasteiger partial charge in [0.2, 0.25) is 0 Å². The van der Waals surface area contributed by atoms with Crippen molar-refractivity contribution >= 4 is 0 Å². The van der Waals surface area contributed by atoms with Gasteiger partial charge in [-0.05, 0) is 12.1 Å². The SMILES string of the molecule is O=c1n(-c2ccccc2)c(=O)n2n1C1C=CC2C2C3OC3C21. The van der Waals surface area contributed by atoms with Crippen molar-refractivity contribution in [3.8, 4) is 5.69 Å². The molecule has 110 valence electrons. The molecule has 1 saturated heterocycles. The van der Waals surface area contributed by atoms with Crippen LogP contribution in [0.4, 0.5) is 0 Å². The van der Waals surface area contributed by atoms with E-state index < -0.39 is 0 Å². The van der Waals surface area contributed by atoms with Crippen LogP contribution in [0.15, 0.2) is 52.1 Å². The number of ether oxygens (including phenoxy) is 1. The third kappa shape index (κ3) is 1.04. The fourth-order valence-electron chi connectivity index (χ4n) is 4.68. The minimum absolute atomic E-state index is 0.0519. The number of benzene rings is 1. The standard InChI is InChI=1S/C16H13N3O3/c20-15-17(8-4-2-1-3-5-8)16(21)19-10-7-6-9(18(15)19)11-12(10)14-13(11)22-14/h1-7,9-14H. The third-order valence-corrected chi connectivity index (χ3v) is 5.64. The number of hydrogen-bond acceptors (Lipinski definition) is 3. The number of para-hydroxylation sites is 1. The van der Waals surface area contributed by atoms with Gasteiger partial charge in [-0.3, -0.25) is 0 Å². The predicted octanol–water partition coefficient (Wildman–Crippen LogP) is 0.480. The van der Waals surface area contributed by atoms with Crippen LogP contribution in [-0.2, 0) is 4.74 Å². The highest BCUT2D eigenvalue weighted by molar-refractivity contribution is 5.32. The van der Waals surface area contributed by atoms with Crippen molar-refractivity contribution in [1.82, 2.24) is 13.9 Å². The summed E-state index contributed by atoms with van der Waals surface area (Å²) in [5.41, 5.74) is 0.122. The summed E-state index contributed by atoms with van der Waals surface area (Å²) in [6, 6.07) is 9.02. The van der Waals surface area contributed by atoms with E-state index in [2.05, 4.69) is 12.2 Å². The second kappa shape index (κ2) is 3.35. The van der Waals surface area contributed by atoms with Crippen LogP contribution in [0, 0.1) is 11.8 Å². The fraction of sp³-hybridized carbons (Fsp3) is 0.375. The molecule has 5 aliphatic rings. The van der Waals surface area contributed by atoms with Gasteiger partial charge < -0.3 is 4.74 Å². The van der Waals surface area contributed by atoms with Crippen molar-refractivity contribution in [1.29, 1.82) is 0 Å². The van der Waals surface area contributed by atoms with Crippen LogP contribution in [0.1, 0.15) is 12.1 Å². The molecule has 2 fully saturated rings. The normalized spacial score (nSPS) is 38.9. The van der Waals surface area contributed by atoms with Crippen LogP contribution in [0.2, 0.25) is 0 Å². The summed E-state index contributed by atoms with van der Waals surface area (Å²) in [6.45, 7) is 0. The molecule has 1 aromatic carbocycles. The van der Waals surface area contributed by atoms with Gasteiger partial charge in [0, 0.05) is 11.8 Å². The van der Waals surface area contributed by atoms with E-state index in [4.69, 9.17) is 4.74 Å². The number of hydrogen-bond donors (Lipinski definition) is 0. The second-order valence-corrected chi connectivity index (χ2v) is 6.51. The Hall–Kier alpha value is -2.34. The molecule has 22 heavy (non-hydrogen) atoms. The first-order chi connectivity index (χ1) is 10.8. The van der Waals surface area contributed by atoms with E-state index in [9.17, 15) is 9.59 Å². The Morgan fingerprint density at radius 2 is 1.36 bits per heavy atom. The maximum absolute atomic E-state index is 12.9. The highest BCUT2D eigenvalue weighted by Gasteiger charge is 2.71. The summed E-state index contributed by atoms with van der Waals surface area (Å²) in [5.74, 6) is 0.701. The molecule has 3 aliphatic heterocycles. The number of aromatic nitrogens is 3. The van der Waals surface area contributed by atoms with Crippen molar-refractivity contribution in [3.05, 3.63) is 63.5 Å². The summed E-state index contributed by atoms with van der Waals surface area (Å²) >= 11 is 0. The summed E-state index contributed by atoms with van der Waals surface area (Å²) in [7, 11) is 0. The zero-order valence-corrected chi connectivity index (χ0v) is 11.6. The lowest BCUT2D eigenvalue weighted by Crippen LogP contribution is -2.57. The lowest BCUT2D eigenvalue weighted by Gasteiger charge is -2.48. The number of allylic oxidation sites excluding steroid dienone is 2. The Balaban J connectivity index is 1.65. The summed E-state index contributed by atoms with van der Waals surface area (Å²) in [5, 5.41) is 0. The van der Waals surface area contributed by atoms with Crippen LogP contribution in [-0.4, -0.2) is 26.1 Å². The van der Waals surface area contributed by atoms with Gasteiger partial charge in [0.05, 0.1) is 30.0 Å². The topological polar surface area (TPSA) is 61.5 Å². The molecule has 1 saturated carbocycles. The van der Waals surface area contributed by atoms with E-state index in [-0.39, 0.29) is 23.5 Å². The number of nitrogens with zero attached hydrogens (tertiary/aromatic N) is 3. The Morgan fingerprint density at radius 1 is 0.818 bits per heavy atom. The Labute approximate surface area is 124 Å². The van der Waals surface area contributed by atoms with E-state index in [1.807, 2.05) is 18.2 Å². The van der Waals surface area contributed by atoms with Crippen molar-refractivity contribution in [2.24, 2.45) is 11.8 Å². The van der Waals surface area contributed by atoms with Gasteiger partial charge in [-0.1, -0.05) is 30.4 Å². The Morgan fingerprint density at radius 3 is 1.91 bits per heavy atom. The molecule has 2 aliphatic carbocycles. The average molecular weight is 295 g/mol. The van der Waals surface area contributed by atoms with Crippen molar-refractivity contribution in [2.75, 3.05) is 0 Å². The second-order valence-electron chi connectivity index (χ2n) is 6.51. The summed E-state index contributed by atoms with van der Waals surface area (Å²) < 4.78 is 10.2. The maximum Gasteiger partial charge on any atom is 0.352 e. The highest BCUT2D eigenvalue weighted by Crippen LogP contribution is 2.63. The molecular weight excluding hydrogens is 282 g/mol. The molecule has 0 N–H and O–H groups in total. The first kappa shape index (κ1) is 11.3. The summed E-state index contributed by atoms with van der Waals surface area (Å²) in [6.07, 6.45) is 4.72. The van der Waals surface area contributed by atoms with Crippen LogP contribution in [0.5, 0.6) is 0 Å². The summed E-state index contributed by atoms with van der Waals surface area (Å²) in [4.78, 5) is 25.7. The van der Waals surface area contributed by atoms with Gasteiger partial charge in [-0.15, -0.1) is 0 Å². The Bertz CT molecular complexity index is 896. The molecule has 0 amide bonds. The highest BCUT2D eigenvalue weighted by atomic mass is 16.6. The molecule has 6 heteroatoms. The molecule has 6 nitrogen and oxygen atoms in total. The fourth-order valence-corrected chi connectivity index (χ4v) is 4.68. The maximum atomic E-state index is 12.9. The molecule has 7 rings (SSSR count).